The SMILES string of the molecule is Cc1ccnc(OCCO)c1C(N)=S. The molecule has 1 aromatic heterocycles. The summed E-state index contributed by atoms with van der Waals surface area (Å²) in [5, 5.41) is 8.61. The maximum atomic E-state index is 8.61. The molecule has 0 saturated carbocycles. The molecule has 0 atom stereocenters. The summed E-state index contributed by atoms with van der Waals surface area (Å²) in [6.07, 6.45) is 1.61. The monoisotopic (exact) mass is 212 g/mol. The van der Waals surface area contributed by atoms with Gasteiger partial charge in [-0.3, -0.25) is 0 Å². The average molecular weight is 212 g/mol. The molecule has 0 saturated heterocycles. The number of rotatable bonds is 4. The standard InChI is InChI=1S/C9H12N2O2S/c1-6-2-3-11-9(13-5-4-12)7(6)8(10)14/h2-3,12H,4-5H2,1H3,(H2,10,14). The molecule has 0 bridgehead atoms. The second-order valence-electron chi connectivity index (χ2n) is 2.74. The normalized spacial score (nSPS) is 9.86. The molecular formula is C9H12N2O2S. The molecule has 3 N–H and O–H groups in total. The Labute approximate surface area is 87.7 Å². The van der Waals surface area contributed by atoms with Crippen LogP contribution >= 0.6 is 12.2 Å². The first-order chi connectivity index (χ1) is 6.66. The highest BCUT2D eigenvalue weighted by molar-refractivity contribution is 7.80. The summed E-state index contributed by atoms with van der Waals surface area (Å²) in [4.78, 5) is 4.25. The van der Waals surface area contributed by atoms with Crippen molar-refractivity contribution in [3.63, 3.8) is 0 Å². The number of aromatic nitrogens is 1. The van der Waals surface area contributed by atoms with Gasteiger partial charge in [0.2, 0.25) is 5.88 Å². The predicted molar refractivity (Wildman–Crippen MR) is 57.4 cm³/mol. The van der Waals surface area contributed by atoms with Crippen LogP contribution in [0.3, 0.4) is 0 Å². The van der Waals surface area contributed by atoms with Crippen LogP contribution in [0.25, 0.3) is 0 Å². The highest BCUT2D eigenvalue weighted by atomic mass is 32.1. The summed E-state index contributed by atoms with van der Waals surface area (Å²) >= 11 is 4.88. The molecule has 1 heterocycles. The van der Waals surface area contributed by atoms with E-state index in [1.165, 1.54) is 0 Å². The highest BCUT2D eigenvalue weighted by Crippen LogP contribution is 2.18. The Kier molecular flexibility index (Phi) is 3.79. The van der Waals surface area contributed by atoms with Crippen molar-refractivity contribution in [3.05, 3.63) is 23.4 Å². The van der Waals surface area contributed by atoms with Crippen LogP contribution in [-0.2, 0) is 0 Å². The number of aryl methyl sites for hydroxylation is 1. The lowest BCUT2D eigenvalue weighted by Crippen LogP contribution is -2.15. The molecule has 14 heavy (non-hydrogen) atoms. The van der Waals surface area contributed by atoms with E-state index in [1.54, 1.807) is 12.3 Å². The molecule has 0 fully saturated rings. The van der Waals surface area contributed by atoms with Gasteiger partial charge in [-0.25, -0.2) is 4.98 Å². The summed E-state index contributed by atoms with van der Waals surface area (Å²) in [6.45, 7) is 2.00. The fraction of sp³-hybridized carbons (Fsp3) is 0.333. The third kappa shape index (κ3) is 2.40. The molecule has 4 nitrogen and oxygen atoms in total. The maximum absolute atomic E-state index is 8.61. The van der Waals surface area contributed by atoms with E-state index < -0.39 is 0 Å². The third-order valence-corrected chi connectivity index (χ3v) is 1.91. The molecular weight excluding hydrogens is 200 g/mol. The molecule has 0 spiro atoms. The van der Waals surface area contributed by atoms with Gasteiger partial charge in [0.1, 0.15) is 11.6 Å². The Morgan fingerprint density at radius 3 is 3.00 bits per heavy atom. The zero-order valence-corrected chi connectivity index (χ0v) is 8.67. The first kappa shape index (κ1) is 10.9. The average Bonchev–Trinajstić information content (AvgIpc) is 2.14. The van der Waals surface area contributed by atoms with Gasteiger partial charge in [0.05, 0.1) is 12.2 Å². The van der Waals surface area contributed by atoms with Gasteiger partial charge in [-0.05, 0) is 18.6 Å². The lowest BCUT2D eigenvalue weighted by Gasteiger charge is -2.10. The Hall–Kier alpha value is -1.20. The number of aliphatic hydroxyl groups excluding tert-OH is 1. The van der Waals surface area contributed by atoms with E-state index in [0.717, 1.165) is 5.56 Å². The van der Waals surface area contributed by atoms with Crippen LogP contribution in [-0.4, -0.2) is 28.3 Å². The van der Waals surface area contributed by atoms with Crippen molar-refractivity contribution in [1.82, 2.24) is 4.98 Å². The van der Waals surface area contributed by atoms with Crippen LogP contribution in [0.15, 0.2) is 12.3 Å². The van der Waals surface area contributed by atoms with Gasteiger partial charge in [0.15, 0.2) is 0 Å². The molecule has 0 aliphatic carbocycles. The molecule has 0 aliphatic heterocycles. The van der Waals surface area contributed by atoms with Gasteiger partial charge < -0.3 is 15.6 Å². The number of hydrogen-bond acceptors (Lipinski definition) is 4. The maximum Gasteiger partial charge on any atom is 0.224 e. The second-order valence-corrected chi connectivity index (χ2v) is 3.18. The zero-order chi connectivity index (χ0) is 10.6. The number of nitrogens with zero attached hydrogens (tertiary/aromatic N) is 1. The zero-order valence-electron chi connectivity index (χ0n) is 7.86. The highest BCUT2D eigenvalue weighted by Gasteiger charge is 2.10. The van der Waals surface area contributed by atoms with Gasteiger partial charge in [0, 0.05) is 6.20 Å². The van der Waals surface area contributed by atoms with Crippen LogP contribution in [0.2, 0.25) is 0 Å². The van der Waals surface area contributed by atoms with E-state index in [1.807, 2.05) is 6.92 Å². The fourth-order valence-corrected chi connectivity index (χ4v) is 1.33. The smallest absolute Gasteiger partial charge is 0.224 e. The van der Waals surface area contributed by atoms with Crippen LogP contribution in [0, 0.1) is 6.92 Å². The molecule has 0 aliphatic rings. The largest absolute Gasteiger partial charge is 0.475 e. The van der Waals surface area contributed by atoms with Crippen LogP contribution < -0.4 is 10.5 Å². The summed E-state index contributed by atoms with van der Waals surface area (Å²) in [6, 6.07) is 1.81. The number of pyridine rings is 1. The van der Waals surface area contributed by atoms with Crippen LogP contribution in [0.5, 0.6) is 5.88 Å². The predicted octanol–water partition coefficient (Wildman–Crippen LogP) is 0.395. The number of thiocarbonyl (C=S) groups is 1. The van der Waals surface area contributed by atoms with Crippen LogP contribution in [0.1, 0.15) is 11.1 Å². The van der Waals surface area contributed by atoms with E-state index in [2.05, 4.69) is 4.98 Å². The topological polar surface area (TPSA) is 68.4 Å². The van der Waals surface area contributed by atoms with Crippen molar-refractivity contribution < 1.29 is 9.84 Å². The van der Waals surface area contributed by atoms with E-state index in [-0.39, 0.29) is 18.2 Å². The van der Waals surface area contributed by atoms with Crippen molar-refractivity contribution in [2.75, 3.05) is 13.2 Å². The van der Waals surface area contributed by atoms with E-state index in [9.17, 15) is 0 Å². The molecule has 0 amide bonds. The fourth-order valence-electron chi connectivity index (χ4n) is 1.08. The minimum Gasteiger partial charge on any atom is -0.475 e. The van der Waals surface area contributed by atoms with Crippen molar-refractivity contribution in [2.45, 2.75) is 6.92 Å². The number of nitrogens with two attached hydrogens (primary N) is 1. The van der Waals surface area contributed by atoms with E-state index >= 15 is 0 Å². The Bertz CT molecular complexity index is 342. The second kappa shape index (κ2) is 4.88. The van der Waals surface area contributed by atoms with Gasteiger partial charge in [-0.1, -0.05) is 12.2 Å². The number of ether oxygens (including phenoxy) is 1. The van der Waals surface area contributed by atoms with Crippen molar-refractivity contribution in [3.8, 4) is 5.88 Å². The summed E-state index contributed by atoms with van der Waals surface area (Å²) < 4.78 is 5.20. The van der Waals surface area contributed by atoms with E-state index in [4.69, 9.17) is 27.8 Å². The van der Waals surface area contributed by atoms with Crippen molar-refractivity contribution in [1.29, 1.82) is 0 Å². The Balaban J connectivity index is 3.02. The number of hydrogen-bond donors (Lipinski definition) is 2. The molecule has 0 radical (unpaired) electrons. The minimum atomic E-state index is -0.0631. The van der Waals surface area contributed by atoms with Gasteiger partial charge in [-0.2, -0.15) is 0 Å². The number of aliphatic hydroxyl groups is 1. The van der Waals surface area contributed by atoms with Crippen molar-refractivity contribution in [2.24, 2.45) is 5.73 Å². The summed E-state index contributed by atoms with van der Waals surface area (Å²) in [5.41, 5.74) is 7.09. The minimum absolute atomic E-state index is 0.0631. The first-order valence-electron chi connectivity index (χ1n) is 4.16. The van der Waals surface area contributed by atoms with Crippen molar-refractivity contribution >= 4 is 17.2 Å². The summed E-state index contributed by atoms with van der Waals surface area (Å²) in [5.74, 6) is 0.381. The molecule has 1 aromatic rings. The quantitative estimate of drug-likeness (QED) is 0.707. The third-order valence-electron chi connectivity index (χ3n) is 1.70. The Morgan fingerprint density at radius 2 is 2.43 bits per heavy atom. The molecule has 0 aromatic carbocycles. The van der Waals surface area contributed by atoms with Gasteiger partial charge in [-0.15, -0.1) is 0 Å². The van der Waals surface area contributed by atoms with Gasteiger partial charge >= 0.3 is 0 Å². The summed E-state index contributed by atoms with van der Waals surface area (Å²) in [7, 11) is 0. The lowest BCUT2D eigenvalue weighted by molar-refractivity contribution is 0.196. The molecule has 0 unspecified atom stereocenters. The van der Waals surface area contributed by atoms with Gasteiger partial charge in [0.25, 0.3) is 0 Å². The Morgan fingerprint density at radius 1 is 1.71 bits per heavy atom. The van der Waals surface area contributed by atoms with E-state index in [0.29, 0.717) is 11.4 Å². The lowest BCUT2D eigenvalue weighted by atomic mass is 10.1. The van der Waals surface area contributed by atoms with Crippen LogP contribution in [0.4, 0.5) is 0 Å². The molecule has 76 valence electrons. The molecule has 1 rings (SSSR count). The molecule has 5 heteroatoms. The first-order valence-corrected chi connectivity index (χ1v) is 4.56.